The molecule has 4 heteroatoms. The molecule has 1 N–H and O–H groups in total. The summed E-state index contributed by atoms with van der Waals surface area (Å²) in [5.74, 6) is -0.193. The van der Waals surface area contributed by atoms with Crippen LogP contribution >= 0.6 is 0 Å². The lowest BCUT2D eigenvalue weighted by molar-refractivity contribution is -0.147. The molecule has 2 bridgehead atoms. The summed E-state index contributed by atoms with van der Waals surface area (Å²) >= 11 is 0. The summed E-state index contributed by atoms with van der Waals surface area (Å²) in [6.45, 7) is 9.77. The molecular formula is C19H32N2O2. The van der Waals surface area contributed by atoms with Crippen LogP contribution in [-0.2, 0) is 9.59 Å². The number of likely N-dealkylation sites (tertiary alicyclic amines) is 1. The zero-order chi connectivity index (χ0) is 16.8. The summed E-state index contributed by atoms with van der Waals surface area (Å²) in [5.41, 5.74) is 0.446. The van der Waals surface area contributed by atoms with E-state index in [1.54, 1.807) is 0 Å². The van der Waals surface area contributed by atoms with Gasteiger partial charge in [-0.2, -0.15) is 0 Å². The van der Waals surface area contributed by atoms with E-state index >= 15 is 0 Å². The first-order valence-corrected chi connectivity index (χ1v) is 9.31. The van der Waals surface area contributed by atoms with Crippen molar-refractivity contribution in [3.05, 3.63) is 0 Å². The average Bonchev–Trinajstić information content (AvgIpc) is 2.69. The first-order valence-electron chi connectivity index (χ1n) is 9.31. The lowest BCUT2D eigenvalue weighted by atomic mass is 9.65. The second-order valence-corrected chi connectivity index (χ2v) is 9.49. The van der Waals surface area contributed by atoms with E-state index in [-0.39, 0.29) is 34.7 Å². The molecule has 2 amide bonds. The van der Waals surface area contributed by atoms with Crippen molar-refractivity contribution in [3.63, 3.8) is 0 Å². The Bertz CT molecular complexity index is 502. The van der Waals surface area contributed by atoms with Gasteiger partial charge in [0.1, 0.15) is 0 Å². The van der Waals surface area contributed by atoms with Crippen molar-refractivity contribution in [2.75, 3.05) is 6.54 Å². The quantitative estimate of drug-likeness (QED) is 0.755. The molecule has 1 saturated heterocycles. The molecule has 0 radical (unpaired) electrons. The third-order valence-corrected chi connectivity index (χ3v) is 6.30. The van der Waals surface area contributed by atoms with E-state index < -0.39 is 0 Å². The Labute approximate surface area is 140 Å². The number of nitrogens with one attached hydrogen (secondary N) is 1. The molecule has 2 saturated carbocycles. The standard InChI is InChI=1S/C19H32N2O2/c1-13-7-5-6-8-15(13)20-16(22)17(23)21-12-19(4)10-14(21)9-18(2,3)11-19/h13-15H,5-12H2,1-4H3,(H,20,22). The number of hydrogen-bond donors (Lipinski definition) is 1. The lowest BCUT2D eigenvalue weighted by Crippen LogP contribution is -2.50. The summed E-state index contributed by atoms with van der Waals surface area (Å²) < 4.78 is 0. The molecule has 3 aliphatic rings. The number of carbonyl (C=O) groups excluding carboxylic acids is 2. The minimum atomic E-state index is -0.377. The monoisotopic (exact) mass is 320 g/mol. The number of hydrogen-bond acceptors (Lipinski definition) is 2. The fraction of sp³-hybridized carbons (Fsp3) is 0.895. The van der Waals surface area contributed by atoms with Crippen LogP contribution in [0, 0.1) is 16.7 Å². The highest BCUT2D eigenvalue weighted by Gasteiger charge is 2.51. The number of amides is 2. The van der Waals surface area contributed by atoms with E-state index in [1.807, 2.05) is 4.90 Å². The van der Waals surface area contributed by atoms with Crippen molar-refractivity contribution in [1.82, 2.24) is 10.2 Å². The molecule has 1 aliphatic heterocycles. The summed E-state index contributed by atoms with van der Waals surface area (Å²) in [7, 11) is 0. The van der Waals surface area contributed by atoms with Gasteiger partial charge in [-0.1, -0.05) is 40.5 Å². The lowest BCUT2D eigenvalue weighted by Gasteiger charge is -2.39. The average molecular weight is 320 g/mol. The third kappa shape index (κ3) is 3.41. The van der Waals surface area contributed by atoms with Crippen molar-refractivity contribution in [3.8, 4) is 0 Å². The van der Waals surface area contributed by atoms with Crippen LogP contribution in [0.1, 0.15) is 72.6 Å². The third-order valence-electron chi connectivity index (χ3n) is 6.30. The van der Waals surface area contributed by atoms with E-state index in [9.17, 15) is 9.59 Å². The van der Waals surface area contributed by atoms with Gasteiger partial charge in [-0.3, -0.25) is 9.59 Å². The van der Waals surface area contributed by atoms with E-state index in [0.717, 1.165) is 45.1 Å². The van der Waals surface area contributed by atoms with Gasteiger partial charge in [0.15, 0.2) is 0 Å². The minimum absolute atomic E-state index is 0.175. The van der Waals surface area contributed by atoms with Crippen molar-refractivity contribution < 1.29 is 9.59 Å². The van der Waals surface area contributed by atoms with Crippen molar-refractivity contribution >= 4 is 11.8 Å². The van der Waals surface area contributed by atoms with Gasteiger partial charge in [-0.25, -0.2) is 0 Å². The molecule has 0 aromatic heterocycles. The van der Waals surface area contributed by atoms with Crippen LogP contribution in [-0.4, -0.2) is 35.3 Å². The normalized spacial score (nSPS) is 39.1. The minimum Gasteiger partial charge on any atom is -0.345 e. The van der Waals surface area contributed by atoms with Crippen LogP contribution < -0.4 is 5.32 Å². The SMILES string of the molecule is CC1CCCCC1NC(=O)C(=O)N1CC2(C)CC1CC(C)(C)C2. The molecule has 3 fully saturated rings. The summed E-state index contributed by atoms with van der Waals surface area (Å²) in [6, 6.07) is 0.417. The predicted octanol–water partition coefficient (Wildman–Crippen LogP) is 3.11. The topological polar surface area (TPSA) is 49.4 Å². The molecule has 2 aliphatic carbocycles. The molecule has 130 valence electrons. The summed E-state index contributed by atoms with van der Waals surface area (Å²) in [4.78, 5) is 27.1. The number of rotatable bonds is 1. The van der Waals surface area contributed by atoms with E-state index in [1.165, 1.54) is 6.42 Å². The first kappa shape index (κ1) is 16.8. The highest BCUT2D eigenvalue weighted by molar-refractivity contribution is 6.35. The fourth-order valence-corrected chi connectivity index (χ4v) is 5.59. The molecule has 1 heterocycles. The molecule has 4 atom stereocenters. The largest absolute Gasteiger partial charge is 0.345 e. The van der Waals surface area contributed by atoms with Gasteiger partial charge in [-0.05, 0) is 48.9 Å². The highest BCUT2D eigenvalue weighted by Crippen LogP contribution is 2.52. The van der Waals surface area contributed by atoms with Crippen LogP contribution in [0.4, 0.5) is 0 Å². The Balaban J connectivity index is 1.65. The van der Waals surface area contributed by atoms with Gasteiger partial charge in [0.2, 0.25) is 0 Å². The molecule has 4 nitrogen and oxygen atoms in total. The number of fused-ring (bicyclic) bond motifs is 2. The maximum atomic E-state index is 12.7. The van der Waals surface area contributed by atoms with Gasteiger partial charge in [0.05, 0.1) is 0 Å². The Kier molecular flexibility index (Phi) is 4.22. The second-order valence-electron chi connectivity index (χ2n) is 9.49. The molecule has 0 aromatic carbocycles. The zero-order valence-corrected chi connectivity index (χ0v) is 15.2. The number of carbonyl (C=O) groups is 2. The fourth-order valence-electron chi connectivity index (χ4n) is 5.59. The summed E-state index contributed by atoms with van der Waals surface area (Å²) in [6.07, 6.45) is 7.76. The van der Waals surface area contributed by atoms with Crippen LogP contribution in [0.2, 0.25) is 0 Å². The first-order chi connectivity index (χ1) is 10.7. The van der Waals surface area contributed by atoms with Crippen LogP contribution in [0.15, 0.2) is 0 Å². The zero-order valence-electron chi connectivity index (χ0n) is 15.2. The highest BCUT2D eigenvalue weighted by atomic mass is 16.2. The number of nitrogens with zero attached hydrogens (tertiary/aromatic N) is 1. The predicted molar refractivity (Wildman–Crippen MR) is 90.8 cm³/mol. The van der Waals surface area contributed by atoms with E-state index in [4.69, 9.17) is 0 Å². The summed E-state index contributed by atoms with van der Waals surface area (Å²) in [5, 5.41) is 3.03. The molecule has 23 heavy (non-hydrogen) atoms. The van der Waals surface area contributed by atoms with Crippen molar-refractivity contribution in [2.45, 2.75) is 84.7 Å². The van der Waals surface area contributed by atoms with Crippen LogP contribution in [0.3, 0.4) is 0 Å². The van der Waals surface area contributed by atoms with Crippen molar-refractivity contribution in [1.29, 1.82) is 0 Å². The van der Waals surface area contributed by atoms with E-state index in [0.29, 0.717) is 5.92 Å². The molecule has 0 aromatic rings. The van der Waals surface area contributed by atoms with Gasteiger partial charge < -0.3 is 10.2 Å². The maximum absolute atomic E-state index is 12.7. The molecule has 3 rings (SSSR count). The van der Waals surface area contributed by atoms with Crippen LogP contribution in [0.25, 0.3) is 0 Å². The van der Waals surface area contributed by atoms with Crippen molar-refractivity contribution in [2.24, 2.45) is 16.7 Å². The van der Waals surface area contributed by atoms with Gasteiger partial charge >= 0.3 is 11.8 Å². The van der Waals surface area contributed by atoms with Gasteiger partial charge in [0.25, 0.3) is 0 Å². The Hall–Kier alpha value is -1.06. The Morgan fingerprint density at radius 2 is 1.78 bits per heavy atom. The van der Waals surface area contributed by atoms with Gasteiger partial charge in [-0.15, -0.1) is 0 Å². The Morgan fingerprint density at radius 1 is 1.09 bits per heavy atom. The molecular weight excluding hydrogens is 288 g/mol. The van der Waals surface area contributed by atoms with Crippen LogP contribution in [0.5, 0.6) is 0 Å². The molecule has 4 unspecified atom stereocenters. The smallest absolute Gasteiger partial charge is 0.312 e. The maximum Gasteiger partial charge on any atom is 0.312 e. The molecule has 0 spiro atoms. The van der Waals surface area contributed by atoms with E-state index in [2.05, 4.69) is 33.0 Å². The Morgan fingerprint density at radius 3 is 2.48 bits per heavy atom. The second kappa shape index (κ2) is 5.78. The van der Waals surface area contributed by atoms with Gasteiger partial charge in [0, 0.05) is 18.6 Å².